The zero-order valence-corrected chi connectivity index (χ0v) is 10.3. The molecule has 1 saturated heterocycles. The van der Waals surface area contributed by atoms with E-state index in [0.29, 0.717) is 11.8 Å². The first kappa shape index (κ1) is 12.5. The second-order valence-corrected chi connectivity index (χ2v) is 5.07. The number of esters is 1. The van der Waals surface area contributed by atoms with Crippen LogP contribution in [0.5, 0.6) is 0 Å². The number of hydrogen-bond donors (Lipinski definition) is 0. The van der Waals surface area contributed by atoms with Gasteiger partial charge in [0.1, 0.15) is 0 Å². The minimum Gasteiger partial charge on any atom is -0.469 e. The molecule has 0 radical (unpaired) electrons. The number of carbonyl (C=O) groups is 1. The fraction of sp³-hybridized carbons (Fsp3) is 0.917. The van der Waals surface area contributed by atoms with E-state index in [1.165, 1.54) is 7.11 Å². The predicted octanol–water partition coefficient (Wildman–Crippen LogP) is 1.77. The molecule has 0 spiro atoms. The van der Waals surface area contributed by atoms with Crippen molar-refractivity contribution in [3.63, 3.8) is 0 Å². The van der Waals surface area contributed by atoms with Gasteiger partial charge in [-0.05, 0) is 38.3 Å². The van der Waals surface area contributed by atoms with Crippen LogP contribution in [0.2, 0.25) is 0 Å². The van der Waals surface area contributed by atoms with Crippen molar-refractivity contribution in [2.75, 3.05) is 27.2 Å². The lowest BCUT2D eigenvalue weighted by atomic mass is 9.80. The number of rotatable bonds is 3. The second kappa shape index (κ2) is 5.50. The Morgan fingerprint density at radius 3 is 2.73 bits per heavy atom. The molecule has 0 amide bonds. The molecule has 1 aliphatic rings. The van der Waals surface area contributed by atoms with Crippen molar-refractivity contribution in [1.82, 2.24) is 4.90 Å². The van der Waals surface area contributed by atoms with Crippen LogP contribution >= 0.6 is 0 Å². The molecule has 2 atom stereocenters. The van der Waals surface area contributed by atoms with E-state index in [4.69, 9.17) is 4.74 Å². The van der Waals surface area contributed by atoms with Gasteiger partial charge in [0.2, 0.25) is 0 Å². The van der Waals surface area contributed by atoms with Gasteiger partial charge in [0.15, 0.2) is 0 Å². The maximum Gasteiger partial charge on any atom is 0.310 e. The highest BCUT2D eigenvalue weighted by Crippen LogP contribution is 2.29. The van der Waals surface area contributed by atoms with Gasteiger partial charge in [0.05, 0.1) is 13.0 Å². The van der Waals surface area contributed by atoms with Crippen molar-refractivity contribution < 1.29 is 9.53 Å². The third kappa shape index (κ3) is 3.49. The Morgan fingerprint density at radius 1 is 1.53 bits per heavy atom. The molecular weight excluding hydrogens is 190 g/mol. The van der Waals surface area contributed by atoms with Crippen LogP contribution < -0.4 is 0 Å². The average molecular weight is 213 g/mol. The summed E-state index contributed by atoms with van der Waals surface area (Å²) in [5, 5.41) is 0. The Labute approximate surface area is 92.8 Å². The van der Waals surface area contributed by atoms with Gasteiger partial charge < -0.3 is 9.64 Å². The Bertz CT molecular complexity index is 216. The van der Waals surface area contributed by atoms with Crippen LogP contribution in [0.25, 0.3) is 0 Å². The minimum absolute atomic E-state index is 0.0350. The normalized spacial score (nSPS) is 28.1. The molecule has 0 aliphatic carbocycles. The predicted molar refractivity (Wildman–Crippen MR) is 60.6 cm³/mol. The molecule has 2 unspecified atom stereocenters. The molecular formula is C12H23NO2. The van der Waals surface area contributed by atoms with Gasteiger partial charge in [-0.2, -0.15) is 0 Å². The van der Waals surface area contributed by atoms with Crippen LogP contribution in [0.3, 0.4) is 0 Å². The van der Waals surface area contributed by atoms with Gasteiger partial charge in [0.25, 0.3) is 0 Å². The smallest absolute Gasteiger partial charge is 0.310 e. The summed E-state index contributed by atoms with van der Waals surface area (Å²) < 4.78 is 4.88. The van der Waals surface area contributed by atoms with Crippen LogP contribution in [0.15, 0.2) is 0 Å². The third-order valence-electron chi connectivity index (χ3n) is 3.24. The van der Waals surface area contributed by atoms with E-state index < -0.39 is 0 Å². The summed E-state index contributed by atoms with van der Waals surface area (Å²) in [4.78, 5) is 13.9. The molecule has 3 heteroatoms. The van der Waals surface area contributed by atoms with Crippen LogP contribution in [-0.2, 0) is 9.53 Å². The quantitative estimate of drug-likeness (QED) is 0.669. The number of nitrogens with zero attached hydrogens (tertiary/aromatic N) is 1. The van der Waals surface area contributed by atoms with Crippen LogP contribution in [-0.4, -0.2) is 38.1 Å². The zero-order chi connectivity index (χ0) is 11.4. The lowest BCUT2D eigenvalue weighted by Gasteiger charge is -2.35. The van der Waals surface area contributed by atoms with E-state index in [2.05, 4.69) is 25.8 Å². The van der Waals surface area contributed by atoms with Gasteiger partial charge >= 0.3 is 5.97 Å². The largest absolute Gasteiger partial charge is 0.469 e. The summed E-state index contributed by atoms with van der Waals surface area (Å²) in [6.07, 6.45) is 2.25. The van der Waals surface area contributed by atoms with Crippen molar-refractivity contribution in [2.24, 2.45) is 17.8 Å². The lowest BCUT2D eigenvalue weighted by Crippen LogP contribution is -2.42. The molecule has 3 nitrogen and oxygen atoms in total. The first-order valence-corrected chi connectivity index (χ1v) is 5.81. The lowest BCUT2D eigenvalue weighted by molar-refractivity contribution is -0.149. The number of methoxy groups -OCH3 is 1. The van der Waals surface area contributed by atoms with Gasteiger partial charge in [-0.15, -0.1) is 0 Å². The summed E-state index contributed by atoms with van der Waals surface area (Å²) in [5.74, 6) is 1.21. The summed E-state index contributed by atoms with van der Waals surface area (Å²) in [6, 6.07) is 0. The number of likely N-dealkylation sites (tertiary alicyclic amines) is 1. The molecule has 1 rings (SSSR count). The number of piperidine rings is 1. The van der Waals surface area contributed by atoms with E-state index in [1.807, 2.05) is 0 Å². The molecule has 0 aromatic heterocycles. The zero-order valence-electron chi connectivity index (χ0n) is 10.3. The standard InChI is InChI=1S/C12H23NO2/c1-9(2)7-10-5-6-13(3)8-11(10)12(14)15-4/h9-11H,5-8H2,1-4H3. The summed E-state index contributed by atoms with van der Waals surface area (Å²) >= 11 is 0. The van der Waals surface area contributed by atoms with E-state index in [9.17, 15) is 4.79 Å². The summed E-state index contributed by atoms with van der Waals surface area (Å²) in [5.41, 5.74) is 0. The van der Waals surface area contributed by atoms with Gasteiger partial charge in [-0.3, -0.25) is 4.79 Å². The SMILES string of the molecule is COC(=O)C1CN(C)CCC1CC(C)C. The number of ether oxygens (including phenoxy) is 1. The average Bonchev–Trinajstić information content (AvgIpc) is 2.19. The maximum absolute atomic E-state index is 11.7. The summed E-state index contributed by atoms with van der Waals surface area (Å²) in [7, 11) is 3.56. The van der Waals surface area contributed by atoms with Crippen molar-refractivity contribution in [3.8, 4) is 0 Å². The topological polar surface area (TPSA) is 29.5 Å². The molecule has 0 saturated carbocycles. The van der Waals surface area contributed by atoms with Gasteiger partial charge in [-0.25, -0.2) is 0 Å². The molecule has 1 fully saturated rings. The van der Waals surface area contributed by atoms with Crippen molar-refractivity contribution in [1.29, 1.82) is 0 Å². The van der Waals surface area contributed by atoms with Gasteiger partial charge in [-0.1, -0.05) is 13.8 Å². The third-order valence-corrected chi connectivity index (χ3v) is 3.24. The fourth-order valence-electron chi connectivity index (χ4n) is 2.47. The highest BCUT2D eigenvalue weighted by molar-refractivity contribution is 5.73. The van der Waals surface area contributed by atoms with Crippen molar-refractivity contribution in [2.45, 2.75) is 26.7 Å². The highest BCUT2D eigenvalue weighted by atomic mass is 16.5. The molecule has 88 valence electrons. The molecule has 15 heavy (non-hydrogen) atoms. The van der Waals surface area contributed by atoms with Crippen LogP contribution in [0, 0.1) is 17.8 Å². The fourth-order valence-corrected chi connectivity index (χ4v) is 2.47. The highest BCUT2D eigenvalue weighted by Gasteiger charge is 2.33. The van der Waals surface area contributed by atoms with Crippen molar-refractivity contribution in [3.05, 3.63) is 0 Å². The molecule has 0 aromatic carbocycles. The van der Waals surface area contributed by atoms with E-state index in [-0.39, 0.29) is 11.9 Å². The first-order chi connectivity index (χ1) is 7.04. The second-order valence-electron chi connectivity index (χ2n) is 5.07. The first-order valence-electron chi connectivity index (χ1n) is 5.81. The monoisotopic (exact) mass is 213 g/mol. The molecule has 1 aliphatic heterocycles. The molecule has 1 heterocycles. The molecule has 0 aromatic rings. The maximum atomic E-state index is 11.7. The molecule has 0 bridgehead atoms. The summed E-state index contributed by atoms with van der Waals surface area (Å²) in [6.45, 7) is 6.38. The Balaban J connectivity index is 2.61. The number of hydrogen-bond acceptors (Lipinski definition) is 3. The van der Waals surface area contributed by atoms with Crippen molar-refractivity contribution >= 4 is 5.97 Å². The Kier molecular flexibility index (Phi) is 4.58. The minimum atomic E-state index is -0.0350. The van der Waals surface area contributed by atoms with E-state index >= 15 is 0 Å². The van der Waals surface area contributed by atoms with E-state index in [0.717, 1.165) is 25.9 Å². The van der Waals surface area contributed by atoms with Crippen LogP contribution in [0.1, 0.15) is 26.7 Å². The Hall–Kier alpha value is -0.570. The van der Waals surface area contributed by atoms with E-state index in [1.54, 1.807) is 0 Å². The number of carbonyl (C=O) groups excluding carboxylic acids is 1. The Morgan fingerprint density at radius 2 is 2.20 bits per heavy atom. The molecule has 0 N–H and O–H groups in total. The van der Waals surface area contributed by atoms with Crippen LogP contribution in [0.4, 0.5) is 0 Å². The van der Waals surface area contributed by atoms with Gasteiger partial charge in [0, 0.05) is 6.54 Å².